The molecule has 4 atom stereocenters. The second-order valence-corrected chi connectivity index (χ2v) is 11.9. The molecule has 0 aromatic rings. The molecule has 4 rings (SSSR count). The van der Waals surface area contributed by atoms with Crippen LogP contribution in [0, 0.1) is 23.7 Å². The normalized spacial score (nSPS) is 32.8. The van der Waals surface area contributed by atoms with Crippen molar-refractivity contribution in [1.29, 1.82) is 0 Å². The van der Waals surface area contributed by atoms with E-state index in [1.165, 1.54) is 77.0 Å². The molecule has 29 heavy (non-hydrogen) atoms. The molecule has 4 fully saturated rings. The first-order valence-electron chi connectivity index (χ1n) is 12.9. The van der Waals surface area contributed by atoms with E-state index >= 15 is 0 Å². The van der Waals surface area contributed by atoms with Gasteiger partial charge in [-0.1, -0.05) is 51.4 Å². The topological polar surface area (TPSA) is 34.1 Å². The zero-order chi connectivity index (χ0) is 20.1. The lowest BCUT2D eigenvalue weighted by atomic mass is 9.76. The first-order chi connectivity index (χ1) is 14.2. The highest BCUT2D eigenvalue weighted by molar-refractivity contribution is 8.00. The molecule has 0 amide bonds. The average Bonchev–Trinajstić information content (AvgIpc) is 2.77. The molecule has 4 saturated carbocycles. The first-order valence-corrected chi connectivity index (χ1v) is 13.9. The molecule has 4 unspecified atom stereocenters. The van der Waals surface area contributed by atoms with Gasteiger partial charge in [0.2, 0.25) is 0 Å². The van der Waals surface area contributed by atoms with Crippen molar-refractivity contribution in [2.45, 2.75) is 126 Å². The van der Waals surface area contributed by atoms with Crippen LogP contribution in [0.15, 0.2) is 0 Å². The Kier molecular flexibility index (Phi) is 8.18. The van der Waals surface area contributed by atoms with Crippen molar-refractivity contribution in [3.8, 4) is 0 Å². The van der Waals surface area contributed by atoms with Crippen LogP contribution in [0.4, 0.5) is 0 Å². The van der Waals surface area contributed by atoms with E-state index in [0.29, 0.717) is 33.9 Å². The third-order valence-corrected chi connectivity index (χ3v) is 10.6. The summed E-state index contributed by atoms with van der Waals surface area (Å²) in [4.78, 5) is 26.0. The molecule has 0 heterocycles. The second-order valence-electron chi connectivity index (χ2n) is 10.5. The number of hydrogen-bond acceptors (Lipinski definition) is 3. The molecular weight excluding hydrogens is 376 g/mol. The standard InChI is InChI=1S/C26H42O2S/c27-23-17-9-7-15-21(23)25(19-11-3-1-4-12-19)29-26(20-13-5-2-6-14-20)22-16-8-10-18-24(22)28/h19-22,25-26H,1-18H2. The van der Waals surface area contributed by atoms with E-state index in [4.69, 9.17) is 0 Å². The summed E-state index contributed by atoms with van der Waals surface area (Å²) in [6.07, 6.45) is 21.9. The van der Waals surface area contributed by atoms with Gasteiger partial charge in [-0.2, -0.15) is 11.8 Å². The lowest BCUT2D eigenvalue weighted by Gasteiger charge is -2.43. The minimum absolute atomic E-state index is 0.279. The Balaban J connectivity index is 1.57. The van der Waals surface area contributed by atoms with Crippen molar-refractivity contribution in [2.75, 3.05) is 0 Å². The van der Waals surface area contributed by atoms with Gasteiger partial charge in [-0.15, -0.1) is 0 Å². The Morgan fingerprint density at radius 2 is 0.897 bits per heavy atom. The minimum atomic E-state index is 0.279. The molecule has 0 N–H and O–H groups in total. The highest BCUT2D eigenvalue weighted by Crippen LogP contribution is 2.48. The van der Waals surface area contributed by atoms with Gasteiger partial charge in [0.1, 0.15) is 11.6 Å². The van der Waals surface area contributed by atoms with Gasteiger partial charge in [0, 0.05) is 35.2 Å². The quantitative estimate of drug-likeness (QED) is 0.460. The molecule has 0 radical (unpaired) electrons. The second kappa shape index (κ2) is 10.8. The van der Waals surface area contributed by atoms with E-state index in [-0.39, 0.29) is 11.8 Å². The Labute approximate surface area is 182 Å². The number of carbonyl (C=O) groups excluding carboxylic acids is 2. The Bertz CT molecular complexity index is 499. The molecule has 164 valence electrons. The van der Waals surface area contributed by atoms with Crippen LogP contribution < -0.4 is 0 Å². The van der Waals surface area contributed by atoms with Crippen molar-refractivity contribution < 1.29 is 9.59 Å². The van der Waals surface area contributed by atoms with Crippen LogP contribution in [-0.2, 0) is 9.59 Å². The average molecular weight is 419 g/mol. The van der Waals surface area contributed by atoms with E-state index in [0.717, 1.165) is 38.5 Å². The number of Topliss-reactive ketones (excluding diaryl/α,β-unsaturated/α-hetero) is 2. The molecule has 2 nitrogen and oxygen atoms in total. The van der Waals surface area contributed by atoms with Gasteiger partial charge in [0.05, 0.1) is 0 Å². The fourth-order valence-corrected chi connectivity index (χ4v) is 9.20. The summed E-state index contributed by atoms with van der Waals surface area (Å²) in [7, 11) is 0. The van der Waals surface area contributed by atoms with Gasteiger partial charge >= 0.3 is 0 Å². The smallest absolute Gasteiger partial charge is 0.137 e. The van der Waals surface area contributed by atoms with Crippen molar-refractivity contribution in [3.05, 3.63) is 0 Å². The van der Waals surface area contributed by atoms with Gasteiger partial charge in [0.15, 0.2) is 0 Å². The Hall–Kier alpha value is -0.310. The Morgan fingerprint density at radius 3 is 1.28 bits per heavy atom. The van der Waals surface area contributed by atoms with Gasteiger partial charge in [-0.05, 0) is 63.2 Å². The molecule has 0 aromatic carbocycles. The van der Waals surface area contributed by atoms with Crippen molar-refractivity contribution in [3.63, 3.8) is 0 Å². The number of ketones is 2. The molecule has 0 saturated heterocycles. The van der Waals surface area contributed by atoms with E-state index < -0.39 is 0 Å². The Morgan fingerprint density at radius 1 is 0.517 bits per heavy atom. The predicted molar refractivity (Wildman–Crippen MR) is 122 cm³/mol. The predicted octanol–water partition coefficient (Wildman–Crippen LogP) is 7.14. The van der Waals surface area contributed by atoms with Crippen LogP contribution in [0.2, 0.25) is 0 Å². The maximum atomic E-state index is 13.0. The van der Waals surface area contributed by atoms with E-state index in [1.807, 2.05) is 0 Å². The van der Waals surface area contributed by atoms with Gasteiger partial charge in [0.25, 0.3) is 0 Å². The monoisotopic (exact) mass is 418 g/mol. The van der Waals surface area contributed by atoms with Crippen molar-refractivity contribution in [1.82, 2.24) is 0 Å². The van der Waals surface area contributed by atoms with Crippen LogP contribution in [0.25, 0.3) is 0 Å². The number of carbonyl (C=O) groups is 2. The van der Waals surface area contributed by atoms with E-state index in [9.17, 15) is 9.59 Å². The fraction of sp³-hybridized carbons (Fsp3) is 0.923. The molecule has 0 spiro atoms. The SMILES string of the molecule is O=C1CCCCC1C(SC(C1CCCCC1)C1CCCCC1=O)C1CCCCC1. The first kappa shape index (κ1) is 21.9. The minimum Gasteiger partial charge on any atom is -0.299 e. The third-order valence-electron chi connectivity index (χ3n) is 8.54. The maximum absolute atomic E-state index is 13.0. The van der Waals surface area contributed by atoms with Gasteiger partial charge < -0.3 is 0 Å². The highest BCUT2D eigenvalue weighted by Gasteiger charge is 2.43. The summed E-state index contributed by atoms with van der Waals surface area (Å²) >= 11 is 2.18. The zero-order valence-electron chi connectivity index (χ0n) is 18.4. The van der Waals surface area contributed by atoms with Crippen LogP contribution in [0.1, 0.15) is 116 Å². The molecule has 4 aliphatic rings. The summed E-state index contributed by atoms with van der Waals surface area (Å²) in [5, 5.41) is 0.981. The summed E-state index contributed by atoms with van der Waals surface area (Å²) in [6.45, 7) is 0. The van der Waals surface area contributed by atoms with Crippen molar-refractivity contribution >= 4 is 23.3 Å². The molecule has 0 aliphatic heterocycles. The molecule has 3 heteroatoms. The van der Waals surface area contributed by atoms with Crippen LogP contribution in [0.5, 0.6) is 0 Å². The highest BCUT2D eigenvalue weighted by atomic mass is 32.2. The lowest BCUT2D eigenvalue weighted by Crippen LogP contribution is -2.41. The lowest BCUT2D eigenvalue weighted by molar-refractivity contribution is -0.125. The molecule has 4 aliphatic carbocycles. The number of thioether (sulfide) groups is 1. The molecular formula is C26H42O2S. The van der Waals surface area contributed by atoms with Gasteiger partial charge in [-0.3, -0.25) is 9.59 Å². The molecule has 0 aromatic heterocycles. The summed E-state index contributed by atoms with van der Waals surface area (Å²) in [6, 6.07) is 0. The van der Waals surface area contributed by atoms with Crippen LogP contribution >= 0.6 is 11.8 Å². The van der Waals surface area contributed by atoms with E-state index in [2.05, 4.69) is 11.8 Å². The molecule has 0 bridgehead atoms. The zero-order valence-corrected chi connectivity index (χ0v) is 19.2. The third kappa shape index (κ3) is 5.49. The summed E-state index contributed by atoms with van der Waals surface area (Å²) in [5.74, 6) is 3.09. The summed E-state index contributed by atoms with van der Waals surface area (Å²) in [5.41, 5.74) is 0. The maximum Gasteiger partial charge on any atom is 0.137 e. The van der Waals surface area contributed by atoms with E-state index in [1.54, 1.807) is 0 Å². The van der Waals surface area contributed by atoms with Crippen LogP contribution in [0.3, 0.4) is 0 Å². The van der Waals surface area contributed by atoms with Crippen molar-refractivity contribution in [2.24, 2.45) is 23.7 Å². The summed E-state index contributed by atoms with van der Waals surface area (Å²) < 4.78 is 0. The fourth-order valence-electron chi connectivity index (χ4n) is 6.89. The van der Waals surface area contributed by atoms with Gasteiger partial charge in [-0.25, -0.2) is 0 Å². The number of hydrogen-bond donors (Lipinski definition) is 0. The van der Waals surface area contributed by atoms with Crippen LogP contribution in [-0.4, -0.2) is 22.1 Å². The largest absolute Gasteiger partial charge is 0.299 e. The number of rotatable bonds is 6.